The largest absolute Gasteiger partial charge is 0.415 e. The highest BCUT2D eigenvalue weighted by Gasteiger charge is 2.45. The third kappa shape index (κ3) is 2.10. The van der Waals surface area contributed by atoms with Crippen molar-refractivity contribution in [1.82, 2.24) is 5.32 Å². The van der Waals surface area contributed by atoms with Gasteiger partial charge < -0.3 is 10.4 Å². The molecule has 5 heteroatoms. The molecule has 0 aliphatic carbocycles. The highest BCUT2D eigenvalue weighted by molar-refractivity contribution is 4.88. The molecule has 0 aromatic carbocycles. The van der Waals surface area contributed by atoms with Crippen LogP contribution in [0.3, 0.4) is 0 Å². The molecule has 0 aromatic heterocycles. The van der Waals surface area contributed by atoms with Gasteiger partial charge in [0.2, 0.25) is 0 Å². The van der Waals surface area contributed by atoms with E-state index in [1.165, 1.54) is 0 Å². The van der Waals surface area contributed by atoms with Gasteiger partial charge in [-0.1, -0.05) is 0 Å². The number of rotatable bonds is 1. The smallest absolute Gasteiger partial charge is 0.382 e. The average Bonchev–Trinajstić information content (AvgIpc) is 2.32. The first-order chi connectivity index (χ1) is 5.41. The molecule has 1 aliphatic heterocycles. The van der Waals surface area contributed by atoms with Crippen molar-refractivity contribution in [2.24, 2.45) is 0 Å². The van der Waals surface area contributed by atoms with Gasteiger partial charge in [0.15, 0.2) is 6.10 Å². The second kappa shape index (κ2) is 3.22. The van der Waals surface area contributed by atoms with Crippen molar-refractivity contribution in [2.75, 3.05) is 0 Å². The Morgan fingerprint density at radius 3 is 2.33 bits per heavy atom. The predicted molar refractivity (Wildman–Crippen MR) is 37.7 cm³/mol. The van der Waals surface area contributed by atoms with Gasteiger partial charge in [0.05, 0.1) is 0 Å². The van der Waals surface area contributed by atoms with E-state index in [0.717, 1.165) is 0 Å². The van der Waals surface area contributed by atoms with E-state index in [9.17, 15) is 13.2 Å². The van der Waals surface area contributed by atoms with E-state index in [1.54, 1.807) is 0 Å². The van der Waals surface area contributed by atoms with Gasteiger partial charge in [-0.25, -0.2) is 0 Å². The zero-order valence-corrected chi connectivity index (χ0v) is 6.73. The molecule has 12 heavy (non-hydrogen) atoms. The predicted octanol–water partition coefficient (Wildman–Crippen LogP) is 1.05. The maximum Gasteiger partial charge on any atom is 0.415 e. The molecule has 3 atom stereocenters. The van der Waals surface area contributed by atoms with Crippen molar-refractivity contribution in [3.63, 3.8) is 0 Å². The Kier molecular flexibility index (Phi) is 2.63. The fourth-order valence-electron chi connectivity index (χ4n) is 1.44. The molecule has 1 saturated heterocycles. The topological polar surface area (TPSA) is 32.3 Å². The van der Waals surface area contributed by atoms with E-state index in [4.69, 9.17) is 5.11 Å². The van der Waals surface area contributed by atoms with Crippen LogP contribution in [0.2, 0.25) is 0 Å². The minimum absolute atomic E-state index is 0.0759. The standard InChI is InChI=1S/C7H12F3NO/c1-4-2-3-5(11-4)6(12)7(8,9)10/h4-6,11-12H,2-3H2,1H3/t4-,5-,6?/m1/s1. The van der Waals surface area contributed by atoms with Crippen molar-refractivity contribution < 1.29 is 18.3 Å². The summed E-state index contributed by atoms with van der Waals surface area (Å²) in [5.41, 5.74) is 0. The SMILES string of the molecule is C[C@@H]1CC[C@H](C(O)C(F)(F)F)N1. The third-order valence-electron chi connectivity index (χ3n) is 2.13. The lowest BCUT2D eigenvalue weighted by Gasteiger charge is -2.21. The van der Waals surface area contributed by atoms with Crippen LogP contribution >= 0.6 is 0 Å². The van der Waals surface area contributed by atoms with Gasteiger partial charge in [-0.3, -0.25) is 0 Å². The molecule has 0 radical (unpaired) electrons. The molecule has 0 saturated carbocycles. The van der Waals surface area contributed by atoms with Crippen LogP contribution in [0.5, 0.6) is 0 Å². The summed E-state index contributed by atoms with van der Waals surface area (Å²) in [7, 11) is 0. The van der Waals surface area contributed by atoms with Crippen molar-refractivity contribution in [1.29, 1.82) is 0 Å². The molecule has 0 amide bonds. The molecule has 0 spiro atoms. The highest BCUT2D eigenvalue weighted by Crippen LogP contribution is 2.27. The lowest BCUT2D eigenvalue weighted by molar-refractivity contribution is -0.211. The summed E-state index contributed by atoms with van der Waals surface area (Å²) in [4.78, 5) is 0. The minimum atomic E-state index is -4.50. The Balaban J connectivity index is 2.48. The second-order valence-corrected chi connectivity index (χ2v) is 3.24. The van der Waals surface area contributed by atoms with E-state index >= 15 is 0 Å². The van der Waals surface area contributed by atoms with Gasteiger partial charge in [0, 0.05) is 12.1 Å². The Morgan fingerprint density at radius 1 is 1.42 bits per heavy atom. The molecule has 72 valence electrons. The number of hydrogen-bond donors (Lipinski definition) is 2. The van der Waals surface area contributed by atoms with Crippen LogP contribution in [0, 0.1) is 0 Å². The summed E-state index contributed by atoms with van der Waals surface area (Å²) >= 11 is 0. The molecule has 1 rings (SSSR count). The van der Waals surface area contributed by atoms with Crippen LogP contribution in [0.25, 0.3) is 0 Å². The Bertz CT molecular complexity index is 159. The molecule has 2 nitrogen and oxygen atoms in total. The van der Waals surface area contributed by atoms with E-state index < -0.39 is 18.3 Å². The zero-order chi connectivity index (χ0) is 9.35. The van der Waals surface area contributed by atoms with Crippen LogP contribution in [0.15, 0.2) is 0 Å². The maximum atomic E-state index is 11.9. The molecular weight excluding hydrogens is 171 g/mol. The van der Waals surface area contributed by atoms with Crippen molar-refractivity contribution in [3.05, 3.63) is 0 Å². The summed E-state index contributed by atoms with van der Waals surface area (Å²) in [5.74, 6) is 0. The minimum Gasteiger partial charge on any atom is -0.382 e. The van der Waals surface area contributed by atoms with Crippen LogP contribution in [0.4, 0.5) is 13.2 Å². The number of alkyl halides is 3. The molecule has 0 aromatic rings. The van der Waals surface area contributed by atoms with Crippen LogP contribution in [0.1, 0.15) is 19.8 Å². The second-order valence-electron chi connectivity index (χ2n) is 3.24. The number of hydrogen-bond acceptors (Lipinski definition) is 2. The normalized spacial score (nSPS) is 33.8. The quantitative estimate of drug-likeness (QED) is 0.636. The van der Waals surface area contributed by atoms with E-state index in [1.807, 2.05) is 6.92 Å². The maximum absolute atomic E-state index is 11.9. The molecule has 1 aliphatic rings. The van der Waals surface area contributed by atoms with Crippen LogP contribution in [-0.2, 0) is 0 Å². The Hall–Kier alpha value is -0.290. The number of nitrogens with one attached hydrogen (secondary N) is 1. The third-order valence-corrected chi connectivity index (χ3v) is 2.13. The molecule has 1 heterocycles. The van der Waals surface area contributed by atoms with Gasteiger partial charge in [-0.05, 0) is 19.8 Å². The summed E-state index contributed by atoms with van der Waals surface area (Å²) < 4.78 is 35.8. The first-order valence-corrected chi connectivity index (χ1v) is 3.92. The summed E-state index contributed by atoms with van der Waals surface area (Å²) in [6, 6.07) is -0.744. The molecule has 2 N–H and O–H groups in total. The van der Waals surface area contributed by atoms with Crippen molar-refractivity contribution in [3.8, 4) is 0 Å². The van der Waals surface area contributed by atoms with Crippen LogP contribution < -0.4 is 5.32 Å². The lowest BCUT2D eigenvalue weighted by atomic mass is 10.1. The van der Waals surface area contributed by atoms with Crippen molar-refractivity contribution >= 4 is 0 Å². The first kappa shape index (κ1) is 9.80. The fourth-order valence-corrected chi connectivity index (χ4v) is 1.44. The average molecular weight is 183 g/mol. The van der Waals surface area contributed by atoms with E-state index in [2.05, 4.69) is 5.32 Å². The Labute approximate surface area is 68.8 Å². The summed E-state index contributed by atoms with van der Waals surface area (Å²) in [6.45, 7) is 1.81. The lowest BCUT2D eigenvalue weighted by Crippen LogP contribution is -2.46. The van der Waals surface area contributed by atoms with Gasteiger partial charge in [0.1, 0.15) is 0 Å². The molecular formula is C7H12F3NO. The van der Waals surface area contributed by atoms with Gasteiger partial charge >= 0.3 is 6.18 Å². The van der Waals surface area contributed by atoms with E-state index in [0.29, 0.717) is 12.8 Å². The Morgan fingerprint density at radius 2 is 2.00 bits per heavy atom. The zero-order valence-electron chi connectivity index (χ0n) is 6.73. The molecule has 0 bridgehead atoms. The number of aliphatic hydroxyl groups excluding tert-OH is 1. The summed E-state index contributed by atoms with van der Waals surface area (Å²) in [6.07, 6.45) is -5.64. The van der Waals surface area contributed by atoms with Crippen LogP contribution in [-0.4, -0.2) is 29.5 Å². The van der Waals surface area contributed by atoms with Gasteiger partial charge in [-0.15, -0.1) is 0 Å². The fraction of sp³-hybridized carbons (Fsp3) is 1.00. The van der Waals surface area contributed by atoms with E-state index in [-0.39, 0.29) is 6.04 Å². The highest BCUT2D eigenvalue weighted by atomic mass is 19.4. The van der Waals surface area contributed by atoms with Gasteiger partial charge in [0.25, 0.3) is 0 Å². The van der Waals surface area contributed by atoms with Gasteiger partial charge in [-0.2, -0.15) is 13.2 Å². The summed E-state index contributed by atoms with van der Waals surface area (Å²) in [5, 5.41) is 11.5. The number of halogens is 3. The first-order valence-electron chi connectivity index (χ1n) is 3.92. The van der Waals surface area contributed by atoms with Crippen molar-refractivity contribution in [2.45, 2.75) is 44.1 Å². The number of aliphatic hydroxyl groups is 1. The molecule has 1 unspecified atom stereocenters. The monoisotopic (exact) mass is 183 g/mol. The molecule has 1 fully saturated rings.